The van der Waals surface area contributed by atoms with Crippen LogP contribution in [0.3, 0.4) is 0 Å². The predicted molar refractivity (Wildman–Crippen MR) is 266 cm³/mol. The van der Waals surface area contributed by atoms with Gasteiger partial charge in [0.2, 0.25) is 65.0 Å². The third-order valence-electron chi connectivity index (χ3n) is 12.2. The summed E-state index contributed by atoms with van der Waals surface area (Å²) in [6.45, 7) is -1.53. The number of hydrogen-bond donors (Lipinski definition) is 19. The molecule has 77 heavy (non-hydrogen) atoms. The molecule has 1 heterocycles. The van der Waals surface area contributed by atoms with E-state index < -0.39 is 183 Å². The minimum atomic E-state index is -2.62. The van der Waals surface area contributed by atoms with Gasteiger partial charge in [0.05, 0.1) is 44.8 Å². The summed E-state index contributed by atoms with van der Waals surface area (Å²) < 4.78 is 0. The van der Waals surface area contributed by atoms with Gasteiger partial charge in [-0.1, -0.05) is 76.8 Å². The first-order valence-electron chi connectivity index (χ1n) is 25.0. The highest BCUT2D eigenvalue weighted by Crippen LogP contribution is 2.21. The second-order valence-electron chi connectivity index (χ2n) is 18.5. The summed E-state index contributed by atoms with van der Waals surface area (Å²) in [6.07, 6.45) is -5.59. The van der Waals surface area contributed by atoms with Gasteiger partial charge in [-0.3, -0.25) is 52.7 Å². The van der Waals surface area contributed by atoms with E-state index in [0.717, 1.165) is 69.2 Å². The molecule has 0 bridgehead atoms. The molecule has 432 valence electrons. The van der Waals surface area contributed by atoms with Crippen LogP contribution in [0, 0.1) is 0 Å². The van der Waals surface area contributed by atoms with Crippen LogP contribution in [0.15, 0.2) is 24.3 Å². The van der Waals surface area contributed by atoms with Crippen molar-refractivity contribution in [1.29, 1.82) is 0 Å². The molecule has 0 aliphatic carbocycles. The van der Waals surface area contributed by atoms with Gasteiger partial charge in [0.1, 0.15) is 54.2 Å². The van der Waals surface area contributed by atoms with Gasteiger partial charge in [-0.05, 0) is 30.5 Å². The molecule has 2 rings (SSSR count). The summed E-state index contributed by atoms with van der Waals surface area (Å²) in [5.41, 5.74) is 15.7. The summed E-state index contributed by atoms with van der Waals surface area (Å²) in [4.78, 5) is 145. The molecule has 11 amide bonds. The molecule has 1 saturated heterocycles. The summed E-state index contributed by atoms with van der Waals surface area (Å²) in [7, 11) is 0. The number of aliphatic hydroxyl groups excluding tert-OH is 7. The van der Waals surface area contributed by atoms with Crippen molar-refractivity contribution in [2.45, 2.75) is 170 Å². The maximum absolute atomic E-state index is 14.0. The molecule has 1 aliphatic heterocycles. The first-order chi connectivity index (χ1) is 36.3. The Hall–Kier alpha value is -7.09. The van der Waals surface area contributed by atoms with Crippen molar-refractivity contribution in [2.24, 2.45) is 17.2 Å². The zero-order valence-electron chi connectivity index (χ0n) is 42.6. The third-order valence-corrected chi connectivity index (χ3v) is 12.2. The number of phenolic OH excluding ortho intramolecular Hbond substituents is 1. The van der Waals surface area contributed by atoms with Gasteiger partial charge in [0.25, 0.3) is 0 Å². The van der Waals surface area contributed by atoms with E-state index in [9.17, 15) is 93.6 Å². The van der Waals surface area contributed by atoms with Gasteiger partial charge in [-0.25, -0.2) is 0 Å². The Morgan fingerprint density at radius 2 is 1.03 bits per heavy atom. The lowest BCUT2D eigenvalue weighted by Crippen LogP contribution is -2.63. The van der Waals surface area contributed by atoms with Crippen molar-refractivity contribution in [2.75, 3.05) is 19.8 Å². The second kappa shape index (κ2) is 33.8. The quantitative estimate of drug-likeness (QED) is 0.0428. The average Bonchev–Trinajstić information content (AvgIpc) is 3.37. The van der Waals surface area contributed by atoms with Crippen molar-refractivity contribution in [3.05, 3.63) is 29.8 Å². The van der Waals surface area contributed by atoms with E-state index in [1.165, 1.54) is 0 Å². The average molecular weight is 1100 g/mol. The molecule has 1 fully saturated rings. The van der Waals surface area contributed by atoms with Crippen molar-refractivity contribution < 1.29 is 93.6 Å². The summed E-state index contributed by atoms with van der Waals surface area (Å²) >= 11 is 0. The number of unbranched alkanes of at least 4 members (excludes halogenated alkanes) is 8. The normalized spacial score (nSPS) is 24.0. The maximum Gasteiger partial charge on any atom is 0.248 e. The molecule has 0 radical (unpaired) electrons. The van der Waals surface area contributed by atoms with Crippen LogP contribution in [0.1, 0.15) is 108 Å². The van der Waals surface area contributed by atoms with Crippen LogP contribution in [0.2, 0.25) is 0 Å². The maximum atomic E-state index is 14.0. The first-order valence-corrected chi connectivity index (χ1v) is 25.0. The molecule has 1 aliphatic rings. The van der Waals surface area contributed by atoms with Gasteiger partial charge in [0, 0.05) is 12.5 Å². The Morgan fingerprint density at radius 3 is 1.56 bits per heavy atom. The highest BCUT2D eigenvalue weighted by molar-refractivity contribution is 6.00. The Morgan fingerprint density at radius 1 is 0.558 bits per heavy atom. The van der Waals surface area contributed by atoms with E-state index in [-0.39, 0.29) is 17.7 Å². The zero-order chi connectivity index (χ0) is 57.9. The molecule has 30 nitrogen and oxygen atoms in total. The molecule has 0 spiro atoms. The Balaban J connectivity index is 2.68. The molecule has 30 heteroatoms. The van der Waals surface area contributed by atoms with Crippen LogP contribution in [-0.2, 0) is 52.7 Å². The highest BCUT2D eigenvalue weighted by atomic mass is 16.4. The van der Waals surface area contributed by atoms with Gasteiger partial charge in [0.15, 0.2) is 6.10 Å². The summed E-state index contributed by atoms with van der Waals surface area (Å²) in [6, 6.07) is -10.1. The topological polar surface area (TPSA) is 524 Å². The summed E-state index contributed by atoms with van der Waals surface area (Å²) in [5, 5.41) is 102. The van der Waals surface area contributed by atoms with E-state index in [1.807, 2.05) is 21.3 Å². The van der Waals surface area contributed by atoms with Crippen LogP contribution >= 0.6 is 0 Å². The minimum Gasteiger partial charge on any atom is -0.508 e. The van der Waals surface area contributed by atoms with Gasteiger partial charge in [-0.15, -0.1) is 0 Å². The number of nitrogens with one attached hydrogen (secondary N) is 8. The standard InChI is InChI=1S/C47H75N11O19/c1-2-3-4-5-6-7-8-9-10-11-30(62)39(69)31(63)16-24-17-34(66)54-28(21-59)44(74)57-36(38(68)23-12-14-25(61)15-13-23)47(77)55-26(18-32(48)64)42(72)51-20-35(67)53-27(19-33(49)65)43(73)56-29(22-60)45(75)58-37(46(76)52-24)40(70)41(50)71/h12-15,24,26-31,36-40,59-63,68-70H,2-11,16-22H2,1H3,(H2,48,64)(H2,49,65)(H2,50,71)(H,51,72)(H,52,76)(H,53,67)(H,54,66)(H,55,77)(H,56,73)(H,57,74)(H,58,75)/t24-,26-,27+,28-,29+,30+,31-,36-,37+,38-,39+,40+/m1/s1. The lowest BCUT2D eigenvalue weighted by molar-refractivity contribution is -0.140. The molecule has 1 aromatic rings. The number of amides is 11. The number of hydrogen-bond acceptors (Lipinski definition) is 19. The van der Waals surface area contributed by atoms with Gasteiger partial charge >= 0.3 is 0 Å². The summed E-state index contributed by atoms with van der Waals surface area (Å²) in [5.74, 6) is -15.5. The van der Waals surface area contributed by atoms with E-state index in [1.54, 1.807) is 0 Å². The molecule has 0 unspecified atom stereocenters. The molecule has 0 aromatic heterocycles. The first kappa shape index (κ1) is 66.0. The molecule has 0 saturated carbocycles. The molecule has 1 aromatic carbocycles. The monoisotopic (exact) mass is 1100 g/mol. The SMILES string of the molecule is CCCCCCCCCCC[C@H](O)[C@H](O)[C@H](O)C[C@@H]1CC(=O)N[C@H](CO)C(=O)N[C@H]([C@H](O)c2ccc(O)cc2)C(=O)N[C@H](CC(N)=O)C(=O)NCC(=O)N[C@@H](CC(N)=O)C(=O)N[C@@H](CO)C(=O)N[C@@H]([C@H](O)C(N)=O)C(=O)N1. The Kier molecular flexibility index (Phi) is 29.0. The fourth-order valence-electron chi connectivity index (χ4n) is 7.87. The zero-order valence-corrected chi connectivity index (χ0v) is 42.6. The van der Waals surface area contributed by atoms with Crippen molar-refractivity contribution in [3.8, 4) is 5.75 Å². The van der Waals surface area contributed by atoms with E-state index in [0.29, 0.717) is 12.8 Å². The van der Waals surface area contributed by atoms with Gasteiger partial charge in [-0.2, -0.15) is 0 Å². The highest BCUT2D eigenvalue weighted by Gasteiger charge is 2.39. The van der Waals surface area contributed by atoms with Crippen molar-refractivity contribution in [1.82, 2.24) is 42.5 Å². The number of carbonyl (C=O) groups excluding carboxylic acids is 11. The smallest absolute Gasteiger partial charge is 0.248 e. The number of phenols is 1. The predicted octanol–water partition coefficient (Wildman–Crippen LogP) is -7.69. The lowest BCUT2D eigenvalue weighted by Gasteiger charge is -2.30. The number of rotatable bonds is 24. The Labute approximate surface area is 442 Å². The fourth-order valence-corrected chi connectivity index (χ4v) is 7.87. The second-order valence-corrected chi connectivity index (χ2v) is 18.5. The van der Waals surface area contributed by atoms with Crippen LogP contribution in [0.5, 0.6) is 5.75 Å². The number of aliphatic hydroxyl groups is 7. The molecule has 22 N–H and O–H groups in total. The van der Waals surface area contributed by atoms with E-state index in [4.69, 9.17) is 17.2 Å². The van der Waals surface area contributed by atoms with Crippen molar-refractivity contribution in [3.63, 3.8) is 0 Å². The van der Waals surface area contributed by atoms with Crippen LogP contribution in [0.4, 0.5) is 0 Å². The van der Waals surface area contributed by atoms with Gasteiger partial charge < -0.3 is 101 Å². The van der Waals surface area contributed by atoms with Crippen LogP contribution < -0.4 is 59.7 Å². The molecule has 12 atom stereocenters. The number of carbonyl (C=O) groups is 11. The van der Waals surface area contributed by atoms with Crippen LogP contribution in [-0.4, -0.2) is 192 Å². The lowest BCUT2D eigenvalue weighted by atomic mass is 9.95. The molecular formula is C47H75N11O19. The fraction of sp³-hybridized carbons (Fsp3) is 0.638. The van der Waals surface area contributed by atoms with E-state index in [2.05, 4.69) is 28.2 Å². The molecular weight excluding hydrogens is 1020 g/mol. The van der Waals surface area contributed by atoms with Crippen LogP contribution in [0.25, 0.3) is 0 Å². The minimum absolute atomic E-state index is 0.00936. The third kappa shape index (κ3) is 23.4. The largest absolute Gasteiger partial charge is 0.508 e. The number of aromatic hydroxyl groups is 1. The van der Waals surface area contributed by atoms with E-state index >= 15 is 0 Å². The Bertz CT molecular complexity index is 2170. The van der Waals surface area contributed by atoms with Crippen molar-refractivity contribution >= 4 is 65.0 Å². The number of benzene rings is 1. The number of primary amides is 3. The number of nitrogens with two attached hydrogens (primary N) is 3.